The third kappa shape index (κ3) is 6.19. The van der Waals surface area contributed by atoms with Crippen molar-refractivity contribution in [3.05, 3.63) is 35.9 Å². The van der Waals surface area contributed by atoms with Crippen molar-refractivity contribution in [2.45, 2.75) is 95.7 Å². The van der Waals surface area contributed by atoms with Crippen molar-refractivity contribution in [1.29, 1.82) is 0 Å². The van der Waals surface area contributed by atoms with Crippen LogP contribution in [0.15, 0.2) is 30.3 Å². The van der Waals surface area contributed by atoms with Crippen LogP contribution < -0.4 is 10.6 Å². The number of benzene rings is 1. The van der Waals surface area contributed by atoms with E-state index in [0.29, 0.717) is 19.5 Å². The predicted octanol–water partition coefficient (Wildman–Crippen LogP) is 3.52. The van der Waals surface area contributed by atoms with Gasteiger partial charge in [-0.2, -0.15) is 0 Å². The summed E-state index contributed by atoms with van der Waals surface area (Å²) < 4.78 is 0. The maximum atomic E-state index is 14.2. The van der Waals surface area contributed by atoms with Gasteiger partial charge in [-0.05, 0) is 76.3 Å². The van der Waals surface area contributed by atoms with Gasteiger partial charge in [-0.3, -0.25) is 14.4 Å². The fourth-order valence-corrected chi connectivity index (χ4v) is 6.49. The molecule has 3 amide bonds. The van der Waals surface area contributed by atoms with Crippen molar-refractivity contribution in [3.63, 3.8) is 0 Å². The molecule has 2 aliphatic heterocycles. The number of carbonyl (C=O) groups is 3. The number of hydrogen-bond donors (Lipinski definition) is 2. The molecule has 7 nitrogen and oxygen atoms in total. The lowest BCUT2D eigenvalue weighted by molar-refractivity contribution is -0.147. The predicted molar refractivity (Wildman–Crippen MR) is 146 cm³/mol. The van der Waals surface area contributed by atoms with Crippen molar-refractivity contribution in [3.8, 4) is 0 Å². The molecular formula is C30H46N4O3. The lowest BCUT2D eigenvalue weighted by Crippen LogP contribution is -2.61. The molecule has 1 aromatic rings. The molecular weight excluding hydrogens is 464 g/mol. The maximum Gasteiger partial charge on any atom is 0.246 e. The highest BCUT2D eigenvalue weighted by Gasteiger charge is 2.48. The van der Waals surface area contributed by atoms with E-state index in [1.165, 1.54) is 12.0 Å². The van der Waals surface area contributed by atoms with Crippen LogP contribution in [0.1, 0.15) is 77.2 Å². The van der Waals surface area contributed by atoms with E-state index in [9.17, 15) is 14.4 Å². The Balaban J connectivity index is 1.53. The average molecular weight is 511 g/mol. The molecule has 7 heteroatoms. The molecule has 4 rings (SSSR count). The summed E-state index contributed by atoms with van der Waals surface area (Å²) in [7, 11) is 1.79. The molecule has 3 fully saturated rings. The van der Waals surface area contributed by atoms with E-state index in [2.05, 4.69) is 22.8 Å². The number of nitrogens with zero attached hydrogens (tertiary/aromatic N) is 2. The number of amides is 3. The molecule has 2 heterocycles. The van der Waals surface area contributed by atoms with Crippen LogP contribution >= 0.6 is 0 Å². The van der Waals surface area contributed by atoms with Crippen molar-refractivity contribution in [1.82, 2.24) is 20.4 Å². The van der Waals surface area contributed by atoms with Gasteiger partial charge in [0, 0.05) is 19.6 Å². The zero-order valence-electron chi connectivity index (χ0n) is 23.0. The molecule has 204 valence electrons. The van der Waals surface area contributed by atoms with Crippen LogP contribution in [0.25, 0.3) is 0 Å². The summed E-state index contributed by atoms with van der Waals surface area (Å²) in [6, 6.07) is 9.30. The smallest absolute Gasteiger partial charge is 0.246 e. The molecule has 37 heavy (non-hydrogen) atoms. The number of fused-ring (bicyclic) bond motifs is 1. The molecule has 4 atom stereocenters. The van der Waals surface area contributed by atoms with E-state index in [-0.39, 0.29) is 29.6 Å². The van der Waals surface area contributed by atoms with Gasteiger partial charge in [0.1, 0.15) is 12.1 Å². The fraction of sp³-hybridized carbons (Fsp3) is 0.700. The molecule has 1 aliphatic carbocycles. The average Bonchev–Trinajstić information content (AvgIpc) is 3.30. The van der Waals surface area contributed by atoms with Gasteiger partial charge in [-0.25, -0.2) is 0 Å². The van der Waals surface area contributed by atoms with Crippen LogP contribution in [0.4, 0.5) is 0 Å². The molecule has 1 saturated carbocycles. The number of rotatable bonds is 9. The molecule has 1 aromatic carbocycles. The Morgan fingerprint density at radius 1 is 1.03 bits per heavy atom. The van der Waals surface area contributed by atoms with Crippen LogP contribution in [0.3, 0.4) is 0 Å². The Morgan fingerprint density at radius 2 is 1.76 bits per heavy atom. The van der Waals surface area contributed by atoms with E-state index in [1.807, 2.05) is 41.8 Å². The minimum Gasteiger partial charge on any atom is -0.342 e. The Kier molecular flexibility index (Phi) is 9.27. The van der Waals surface area contributed by atoms with E-state index >= 15 is 0 Å². The van der Waals surface area contributed by atoms with Gasteiger partial charge in [0.15, 0.2) is 0 Å². The van der Waals surface area contributed by atoms with E-state index in [0.717, 1.165) is 57.9 Å². The lowest BCUT2D eigenvalue weighted by atomic mass is 9.82. The first-order valence-corrected chi connectivity index (χ1v) is 14.5. The van der Waals surface area contributed by atoms with E-state index in [4.69, 9.17) is 0 Å². The summed E-state index contributed by atoms with van der Waals surface area (Å²) in [5, 5.41) is 6.31. The standard InChI is InChI=1S/C30H46N4O3/c1-4-30(2,31-3)29(37)32-25(23-14-9-6-10-15-23)27(35)34-21-18-24-16-11-19-33(28(36)26(24)34)20-17-22-12-7-5-8-13-22/h5,7-8,12-13,23-26,31H,4,6,9-11,14-21H2,1-3H3,(H,32,37)/t24-,25+,26+,30+/m1/s1. The third-order valence-electron chi connectivity index (χ3n) is 9.32. The van der Waals surface area contributed by atoms with E-state index < -0.39 is 17.6 Å². The summed E-state index contributed by atoms with van der Waals surface area (Å²) in [5.74, 6) is 0.234. The normalized spacial score (nSPS) is 25.2. The summed E-state index contributed by atoms with van der Waals surface area (Å²) >= 11 is 0. The Bertz CT molecular complexity index is 926. The number of carbonyl (C=O) groups excluding carboxylic acids is 3. The molecule has 2 saturated heterocycles. The summed E-state index contributed by atoms with van der Waals surface area (Å²) in [6.45, 7) is 5.89. The number of likely N-dealkylation sites (tertiary alicyclic amines) is 2. The van der Waals surface area contributed by atoms with Gasteiger partial charge in [0.25, 0.3) is 0 Å². The molecule has 0 unspecified atom stereocenters. The SMILES string of the molecule is CC[C@](C)(NC)C(=O)N[C@H](C(=O)N1CC[C@H]2CCCN(CCc3ccccc3)C(=O)[C@H]21)C1CCCCC1. The molecule has 0 aromatic heterocycles. The monoisotopic (exact) mass is 510 g/mol. The molecule has 0 spiro atoms. The zero-order valence-corrected chi connectivity index (χ0v) is 23.0. The molecule has 3 aliphatic rings. The first-order chi connectivity index (χ1) is 17.9. The zero-order chi connectivity index (χ0) is 26.4. The highest BCUT2D eigenvalue weighted by atomic mass is 16.2. The second-order valence-electron chi connectivity index (χ2n) is 11.5. The molecule has 0 bridgehead atoms. The van der Waals surface area contributed by atoms with Crippen LogP contribution in [0.2, 0.25) is 0 Å². The quantitative estimate of drug-likeness (QED) is 0.533. The lowest BCUT2D eigenvalue weighted by Gasteiger charge is -2.38. The summed E-state index contributed by atoms with van der Waals surface area (Å²) in [6.07, 6.45) is 9.48. The highest BCUT2D eigenvalue weighted by Crippen LogP contribution is 2.35. The Morgan fingerprint density at radius 3 is 2.43 bits per heavy atom. The Hall–Kier alpha value is -2.41. The Labute approximate surface area is 222 Å². The first kappa shape index (κ1) is 27.6. The van der Waals surface area contributed by atoms with Gasteiger partial charge in [0.2, 0.25) is 17.7 Å². The van der Waals surface area contributed by atoms with Crippen molar-refractivity contribution >= 4 is 17.7 Å². The van der Waals surface area contributed by atoms with Crippen LogP contribution in [0.5, 0.6) is 0 Å². The topological polar surface area (TPSA) is 81.8 Å². The third-order valence-corrected chi connectivity index (χ3v) is 9.32. The van der Waals surface area contributed by atoms with Crippen LogP contribution in [-0.2, 0) is 20.8 Å². The number of likely N-dealkylation sites (N-methyl/N-ethyl adjacent to an activating group) is 1. The van der Waals surface area contributed by atoms with Crippen LogP contribution in [-0.4, -0.2) is 71.8 Å². The van der Waals surface area contributed by atoms with Crippen molar-refractivity contribution in [2.24, 2.45) is 11.8 Å². The minimum absolute atomic E-state index is 0.0550. The minimum atomic E-state index is -0.729. The maximum absolute atomic E-state index is 14.2. The highest BCUT2D eigenvalue weighted by molar-refractivity contribution is 5.95. The summed E-state index contributed by atoms with van der Waals surface area (Å²) in [5.41, 5.74) is 0.492. The van der Waals surface area contributed by atoms with Gasteiger partial charge in [-0.15, -0.1) is 0 Å². The van der Waals surface area contributed by atoms with Gasteiger partial charge in [-0.1, -0.05) is 56.5 Å². The number of nitrogens with one attached hydrogen (secondary N) is 2. The molecule has 2 N–H and O–H groups in total. The second kappa shape index (κ2) is 12.4. The largest absolute Gasteiger partial charge is 0.342 e. The van der Waals surface area contributed by atoms with Gasteiger partial charge >= 0.3 is 0 Å². The first-order valence-electron chi connectivity index (χ1n) is 14.5. The van der Waals surface area contributed by atoms with Crippen molar-refractivity contribution < 1.29 is 14.4 Å². The van der Waals surface area contributed by atoms with Crippen molar-refractivity contribution in [2.75, 3.05) is 26.7 Å². The fourth-order valence-electron chi connectivity index (χ4n) is 6.49. The molecule has 0 radical (unpaired) electrons. The second-order valence-corrected chi connectivity index (χ2v) is 11.5. The van der Waals surface area contributed by atoms with Gasteiger partial charge in [0.05, 0.1) is 5.54 Å². The van der Waals surface area contributed by atoms with Crippen LogP contribution in [0, 0.1) is 11.8 Å². The number of hydrogen-bond acceptors (Lipinski definition) is 4. The van der Waals surface area contributed by atoms with Gasteiger partial charge < -0.3 is 20.4 Å². The summed E-state index contributed by atoms with van der Waals surface area (Å²) in [4.78, 5) is 45.2. The van der Waals surface area contributed by atoms with E-state index in [1.54, 1.807) is 7.05 Å².